The molecule has 0 aliphatic heterocycles. The second-order valence-corrected chi connectivity index (χ2v) is 7.23. The lowest BCUT2D eigenvalue weighted by Gasteiger charge is -2.19. The molecule has 0 saturated heterocycles. The van der Waals surface area contributed by atoms with Gasteiger partial charge < -0.3 is 5.32 Å². The largest absolute Gasteiger partial charge is 0.326 e. The van der Waals surface area contributed by atoms with Crippen molar-refractivity contribution in [1.29, 1.82) is 0 Å². The highest BCUT2D eigenvalue weighted by Gasteiger charge is 2.23. The van der Waals surface area contributed by atoms with Gasteiger partial charge in [-0.2, -0.15) is 0 Å². The van der Waals surface area contributed by atoms with Crippen LogP contribution in [0.5, 0.6) is 0 Å². The highest BCUT2D eigenvalue weighted by atomic mass is 16.5. The van der Waals surface area contributed by atoms with E-state index in [4.69, 9.17) is 5.21 Å². The maximum absolute atomic E-state index is 12.2. The number of nitrogens with one attached hydrogen (secondary N) is 2. The summed E-state index contributed by atoms with van der Waals surface area (Å²) in [5.74, 6) is -1.26. The third-order valence-electron chi connectivity index (χ3n) is 3.70. The van der Waals surface area contributed by atoms with Crippen molar-refractivity contribution >= 4 is 17.5 Å². The van der Waals surface area contributed by atoms with Crippen molar-refractivity contribution < 1.29 is 14.8 Å². The van der Waals surface area contributed by atoms with Crippen molar-refractivity contribution in [3.8, 4) is 0 Å². The summed E-state index contributed by atoms with van der Waals surface area (Å²) in [6.45, 7) is 6.00. The Morgan fingerprint density at radius 3 is 2.24 bits per heavy atom. The van der Waals surface area contributed by atoms with Crippen LogP contribution in [-0.4, -0.2) is 17.0 Å². The number of hydrogen-bond donors (Lipinski definition) is 3. The second-order valence-electron chi connectivity index (χ2n) is 7.23. The van der Waals surface area contributed by atoms with Crippen LogP contribution in [0.4, 0.5) is 5.69 Å². The minimum atomic E-state index is -0.661. The summed E-state index contributed by atoms with van der Waals surface area (Å²) in [7, 11) is 0. The van der Waals surface area contributed by atoms with Crippen molar-refractivity contribution in [3.05, 3.63) is 65.7 Å². The predicted octanol–water partition coefficient (Wildman–Crippen LogP) is 3.70. The molecule has 0 saturated carbocycles. The molecule has 0 radical (unpaired) electrons. The number of carbonyl (C=O) groups is 2. The lowest BCUT2D eigenvalue weighted by molar-refractivity contribution is -0.129. The van der Waals surface area contributed by atoms with Crippen LogP contribution in [0, 0.1) is 5.41 Å². The first-order valence-electron chi connectivity index (χ1n) is 8.19. The standard InChI is InChI=1S/C20H24N2O3/c1-20(2,3)13-17(23)21-16-11-7-10-15(12-16)18(19(24)22-25)14-8-5-4-6-9-14/h4-12,18,25H,13H2,1-3H3,(H,21,23)(H,22,24). The Balaban J connectivity index is 2.28. The summed E-state index contributed by atoms with van der Waals surface area (Å²) in [4.78, 5) is 24.3. The van der Waals surface area contributed by atoms with Gasteiger partial charge in [-0.25, -0.2) is 5.48 Å². The minimum Gasteiger partial charge on any atom is -0.326 e. The molecular formula is C20H24N2O3. The average molecular weight is 340 g/mol. The molecule has 25 heavy (non-hydrogen) atoms. The quantitative estimate of drug-likeness (QED) is 0.574. The first kappa shape index (κ1) is 18.7. The fraction of sp³-hybridized carbons (Fsp3) is 0.300. The molecule has 2 aromatic carbocycles. The van der Waals surface area contributed by atoms with Gasteiger partial charge in [-0.15, -0.1) is 0 Å². The summed E-state index contributed by atoms with van der Waals surface area (Å²) in [5.41, 5.74) is 3.69. The zero-order valence-corrected chi connectivity index (χ0v) is 14.7. The van der Waals surface area contributed by atoms with Crippen LogP contribution < -0.4 is 10.8 Å². The molecule has 0 spiro atoms. The minimum absolute atomic E-state index is 0.0764. The summed E-state index contributed by atoms with van der Waals surface area (Å²) in [5, 5.41) is 12.0. The van der Waals surface area contributed by atoms with E-state index in [-0.39, 0.29) is 11.3 Å². The maximum Gasteiger partial charge on any atom is 0.255 e. The summed E-state index contributed by atoms with van der Waals surface area (Å²) < 4.78 is 0. The van der Waals surface area contributed by atoms with Crippen LogP contribution in [0.1, 0.15) is 44.2 Å². The summed E-state index contributed by atoms with van der Waals surface area (Å²) in [6, 6.07) is 16.3. The molecule has 1 atom stereocenters. The number of rotatable bonds is 5. The van der Waals surface area contributed by atoms with Gasteiger partial charge in [-0.3, -0.25) is 14.8 Å². The number of carbonyl (C=O) groups excluding carboxylic acids is 2. The average Bonchev–Trinajstić information content (AvgIpc) is 2.54. The highest BCUT2D eigenvalue weighted by Crippen LogP contribution is 2.27. The number of hydrogen-bond acceptors (Lipinski definition) is 3. The Bertz CT molecular complexity index is 736. The molecule has 0 aliphatic carbocycles. The van der Waals surface area contributed by atoms with Crippen LogP contribution in [0.15, 0.2) is 54.6 Å². The molecule has 2 amide bonds. The SMILES string of the molecule is CC(C)(C)CC(=O)Nc1cccc(C(C(=O)NO)c2ccccc2)c1. The molecule has 1 unspecified atom stereocenters. The third-order valence-corrected chi connectivity index (χ3v) is 3.70. The van der Waals surface area contributed by atoms with Crippen molar-refractivity contribution in [2.24, 2.45) is 5.41 Å². The predicted molar refractivity (Wildman–Crippen MR) is 97.4 cm³/mol. The summed E-state index contributed by atoms with van der Waals surface area (Å²) in [6.07, 6.45) is 0.399. The first-order valence-corrected chi connectivity index (χ1v) is 8.19. The zero-order chi connectivity index (χ0) is 18.4. The Morgan fingerprint density at radius 1 is 1.00 bits per heavy atom. The van der Waals surface area contributed by atoms with Gasteiger partial charge >= 0.3 is 0 Å². The van der Waals surface area contributed by atoms with Gasteiger partial charge in [0, 0.05) is 12.1 Å². The van der Waals surface area contributed by atoms with E-state index < -0.39 is 11.8 Å². The van der Waals surface area contributed by atoms with E-state index in [0.29, 0.717) is 17.7 Å². The molecule has 3 N–H and O–H groups in total. The van der Waals surface area contributed by atoms with E-state index in [1.54, 1.807) is 29.7 Å². The van der Waals surface area contributed by atoms with Gasteiger partial charge in [0.2, 0.25) is 5.91 Å². The molecule has 5 nitrogen and oxygen atoms in total. The molecule has 132 valence electrons. The fourth-order valence-electron chi connectivity index (χ4n) is 2.69. The Kier molecular flexibility index (Phi) is 5.93. The van der Waals surface area contributed by atoms with E-state index in [0.717, 1.165) is 5.56 Å². The fourth-order valence-corrected chi connectivity index (χ4v) is 2.69. The number of benzene rings is 2. The van der Waals surface area contributed by atoms with Gasteiger partial charge in [-0.1, -0.05) is 63.2 Å². The van der Waals surface area contributed by atoms with Gasteiger partial charge in [0.1, 0.15) is 0 Å². The van der Waals surface area contributed by atoms with Crippen molar-refractivity contribution in [2.45, 2.75) is 33.1 Å². The third kappa shape index (κ3) is 5.43. The van der Waals surface area contributed by atoms with Crippen LogP contribution in [0.3, 0.4) is 0 Å². The van der Waals surface area contributed by atoms with Gasteiger partial charge in [0.15, 0.2) is 0 Å². The van der Waals surface area contributed by atoms with E-state index >= 15 is 0 Å². The van der Waals surface area contributed by atoms with E-state index in [1.807, 2.05) is 51.1 Å². The Hall–Kier alpha value is -2.66. The molecule has 0 fully saturated rings. The van der Waals surface area contributed by atoms with E-state index in [1.165, 1.54) is 0 Å². The Morgan fingerprint density at radius 2 is 1.64 bits per heavy atom. The Labute approximate surface area is 148 Å². The highest BCUT2D eigenvalue weighted by molar-refractivity contribution is 5.92. The van der Waals surface area contributed by atoms with Crippen LogP contribution >= 0.6 is 0 Å². The topological polar surface area (TPSA) is 78.4 Å². The normalized spacial score (nSPS) is 12.3. The van der Waals surface area contributed by atoms with Crippen molar-refractivity contribution in [2.75, 3.05) is 5.32 Å². The van der Waals surface area contributed by atoms with E-state index in [9.17, 15) is 9.59 Å². The van der Waals surface area contributed by atoms with Gasteiger partial charge in [0.25, 0.3) is 5.91 Å². The number of anilines is 1. The number of amides is 2. The smallest absolute Gasteiger partial charge is 0.255 e. The van der Waals surface area contributed by atoms with Gasteiger partial charge in [0.05, 0.1) is 5.92 Å². The van der Waals surface area contributed by atoms with Crippen molar-refractivity contribution in [3.63, 3.8) is 0 Å². The monoisotopic (exact) mass is 340 g/mol. The molecule has 0 bridgehead atoms. The van der Waals surface area contributed by atoms with Crippen LogP contribution in [0.2, 0.25) is 0 Å². The molecular weight excluding hydrogens is 316 g/mol. The molecule has 0 heterocycles. The lowest BCUT2D eigenvalue weighted by atomic mass is 9.90. The molecule has 5 heteroatoms. The van der Waals surface area contributed by atoms with Crippen LogP contribution in [0.25, 0.3) is 0 Å². The molecule has 0 aliphatic rings. The number of hydroxylamine groups is 1. The molecule has 2 aromatic rings. The van der Waals surface area contributed by atoms with Crippen LogP contribution in [-0.2, 0) is 9.59 Å². The molecule has 0 aromatic heterocycles. The zero-order valence-electron chi connectivity index (χ0n) is 14.7. The summed E-state index contributed by atoms with van der Waals surface area (Å²) >= 11 is 0. The maximum atomic E-state index is 12.2. The second kappa shape index (κ2) is 7.94. The lowest BCUT2D eigenvalue weighted by Crippen LogP contribution is -2.27. The molecule has 2 rings (SSSR count). The first-order chi connectivity index (χ1) is 11.8. The van der Waals surface area contributed by atoms with Gasteiger partial charge in [-0.05, 0) is 28.7 Å². The van der Waals surface area contributed by atoms with Crippen molar-refractivity contribution in [1.82, 2.24) is 5.48 Å². The van der Waals surface area contributed by atoms with E-state index in [2.05, 4.69) is 5.32 Å².